The van der Waals surface area contributed by atoms with Gasteiger partial charge in [0.25, 0.3) is 0 Å². The van der Waals surface area contributed by atoms with Crippen LogP contribution in [-0.4, -0.2) is 39.5 Å². The van der Waals surface area contributed by atoms with E-state index in [-0.39, 0.29) is 11.3 Å². The SMILES string of the molecule is CCC(C)S(=O)(=O)N[C@H]1CC[C@H](CNc2ccc3c(c2)OCCO3)CC1. The lowest BCUT2D eigenvalue weighted by molar-refractivity contribution is 0.171. The number of benzene rings is 1. The first-order chi connectivity index (χ1) is 12.5. The molecule has 1 aromatic carbocycles. The highest BCUT2D eigenvalue weighted by Gasteiger charge is 2.27. The molecule has 0 amide bonds. The molecule has 1 heterocycles. The van der Waals surface area contributed by atoms with E-state index in [1.165, 1.54) is 0 Å². The number of ether oxygens (including phenoxy) is 2. The maximum absolute atomic E-state index is 12.2. The molecule has 1 aliphatic heterocycles. The first-order valence-corrected chi connectivity index (χ1v) is 11.2. The van der Waals surface area contributed by atoms with Crippen LogP contribution in [0.1, 0.15) is 46.0 Å². The van der Waals surface area contributed by atoms with Gasteiger partial charge in [-0.1, -0.05) is 6.92 Å². The van der Waals surface area contributed by atoms with Crippen LogP contribution in [0.4, 0.5) is 5.69 Å². The van der Waals surface area contributed by atoms with E-state index < -0.39 is 10.0 Å². The fourth-order valence-corrected chi connectivity index (χ4v) is 4.84. The zero-order valence-corrected chi connectivity index (χ0v) is 16.5. The van der Waals surface area contributed by atoms with Crippen molar-refractivity contribution in [3.8, 4) is 11.5 Å². The van der Waals surface area contributed by atoms with Crippen molar-refractivity contribution in [2.45, 2.75) is 57.2 Å². The highest BCUT2D eigenvalue weighted by Crippen LogP contribution is 2.33. The topological polar surface area (TPSA) is 76.7 Å². The van der Waals surface area contributed by atoms with Crippen LogP contribution in [-0.2, 0) is 10.0 Å². The Bertz CT molecular complexity index is 699. The number of hydrogen-bond donors (Lipinski definition) is 2. The Balaban J connectivity index is 1.44. The number of fused-ring (bicyclic) bond motifs is 1. The van der Waals surface area contributed by atoms with Crippen molar-refractivity contribution < 1.29 is 17.9 Å². The predicted octanol–water partition coefficient (Wildman–Crippen LogP) is 3.15. The van der Waals surface area contributed by atoms with Crippen molar-refractivity contribution in [2.75, 3.05) is 25.1 Å². The summed E-state index contributed by atoms with van der Waals surface area (Å²) in [6.07, 6.45) is 4.52. The zero-order valence-electron chi connectivity index (χ0n) is 15.7. The van der Waals surface area contributed by atoms with Gasteiger partial charge < -0.3 is 14.8 Å². The molecular weight excluding hydrogens is 352 g/mol. The van der Waals surface area contributed by atoms with Gasteiger partial charge in [-0.3, -0.25) is 0 Å². The lowest BCUT2D eigenvalue weighted by atomic mass is 9.86. The first-order valence-electron chi connectivity index (χ1n) is 9.62. The van der Waals surface area contributed by atoms with E-state index in [9.17, 15) is 8.42 Å². The molecule has 26 heavy (non-hydrogen) atoms. The molecule has 3 rings (SSSR count). The average molecular weight is 383 g/mol. The minimum absolute atomic E-state index is 0.0829. The summed E-state index contributed by atoms with van der Waals surface area (Å²) in [7, 11) is -3.18. The van der Waals surface area contributed by atoms with Crippen molar-refractivity contribution >= 4 is 15.7 Å². The van der Waals surface area contributed by atoms with Crippen LogP contribution in [0.3, 0.4) is 0 Å². The molecule has 1 aromatic rings. The molecule has 7 heteroatoms. The fourth-order valence-electron chi connectivity index (χ4n) is 3.47. The molecule has 1 unspecified atom stereocenters. The van der Waals surface area contributed by atoms with E-state index in [0.717, 1.165) is 49.4 Å². The third-order valence-electron chi connectivity index (χ3n) is 5.42. The smallest absolute Gasteiger partial charge is 0.214 e. The minimum atomic E-state index is -3.18. The lowest BCUT2D eigenvalue weighted by Crippen LogP contribution is -2.42. The Morgan fingerprint density at radius 2 is 1.81 bits per heavy atom. The van der Waals surface area contributed by atoms with Crippen molar-refractivity contribution in [3.05, 3.63) is 18.2 Å². The molecule has 0 bridgehead atoms. The van der Waals surface area contributed by atoms with Gasteiger partial charge in [-0.2, -0.15) is 0 Å². The third kappa shape index (κ3) is 4.82. The van der Waals surface area contributed by atoms with Crippen LogP contribution in [0.5, 0.6) is 11.5 Å². The number of nitrogens with one attached hydrogen (secondary N) is 2. The Kier molecular flexibility index (Phi) is 6.29. The van der Waals surface area contributed by atoms with E-state index in [2.05, 4.69) is 10.0 Å². The molecule has 6 nitrogen and oxygen atoms in total. The van der Waals surface area contributed by atoms with E-state index in [1.54, 1.807) is 6.92 Å². The number of sulfonamides is 1. The van der Waals surface area contributed by atoms with Crippen molar-refractivity contribution in [1.82, 2.24) is 4.72 Å². The van der Waals surface area contributed by atoms with Gasteiger partial charge >= 0.3 is 0 Å². The van der Waals surface area contributed by atoms with Crippen LogP contribution in [0.25, 0.3) is 0 Å². The molecule has 0 aromatic heterocycles. The van der Waals surface area contributed by atoms with Crippen molar-refractivity contribution in [3.63, 3.8) is 0 Å². The number of rotatable bonds is 7. The second-order valence-corrected chi connectivity index (χ2v) is 9.47. The molecule has 1 fully saturated rings. The Labute approximate surface area is 156 Å². The summed E-state index contributed by atoms with van der Waals surface area (Å²) in [5.74, 6) is 2.16. The molecule has 0 radical (unpaired) electrons. The van der Waals surface area contributed by atoms with E-state index in [1.807, 2.05) is 25.1 Å². The summed E-state index contributed by atoms with van der Waals surface area (Å²) < 4.78 is 38.4. The molecule has 146 valence electrons. The molecular formula is C19H30N2O4S. The van der Waals surface area contributed by atoms with Crippen LogP contribution >= 0.6 is 0 Å². The van der Waals surface area contributed by atoms with E-state index in [4.69, 9.17) is 9.47 Å². The monoisotopic (exact) mass is 382 g/mol. The Morgan fingerprint density at radius 1 is 1.12 bits per heavy atom. The highest BCUT2D eigenvalue weighted by molar-refractivity contribution is 7.90. The normalized spacial score (nSPS) is 24.1. The van der Waals surface area contributed by atoms with Crippen LogP contribution in [0, 0.1) is 5.92 Å². The summed E-state index contributed by atoms with van der Waals surface area (Å²) >= 11 is 0. The largest absolute Gasteiger partial charge is 0.486 e. The van der Waals surface area contributed by atoms with Gasteiger partial charge in [-0.05, 0) is 57.1 Å². The summed E-state index contributed by atoms with van der Waals surface area (Å²) in [6.45, 7) is 5.76. The molecule has 0 spiro atoms. The van der Waals surface area contributed by atoms with Gasteiger partial charge in [0.1, 0.15) is 13.2 Å². The number of anilines is 1. The number of hydrogen-bond acceptors (Lipinski definition) is 5. The predicted molar refractivity (Wildman–Crippen MR) is 103 cm³/mol. The van der Waals surface area contributed by atoms with Gasteiger partial charge in [0.2, 0.25) is 10.0 Å². The molecule has 2 N–H and O–H groups in total. The third-order valence-corrected chi connectivity index (χ3v) is 7.47. The van der Waals surface area contributed by atoms with Crippen LogP contribution in [0.2, 0.25) is 0 Å². The van der Waals surface area contributed by atoms with Crippen molar-refractivity contribution in [1.29, 1.82) is 0 Å². The summed E-state index contributed by atoms with van der Waals surface area (Å²) in [5.41, 5.74) is 1.04. The first kappa shape index (κ1) is 19.3. The van der Waals surface area contributed by atoms with Crippen LogP contribution < -0.4 is 19.5 Å². The lowest BCUT2D eigenvalue weighted by Gasteiger charge is -2.30. The average Bonchev–Trinajstić information content (AvgIpc) is 2.66. The van der Waals surface area contributed by atoms with E-state index in [0.29, 0.717) is 25.6 Å². The summed E-state index contributed by atoms with van der Waals surface area (Å²) in [4.78, 5) is 0. The van der Waals surface area contributed by atoms with E-state index >= 15 is 0 Å². The molecule has 1 aliphatic carbocycles. The Hall–Kier alpha value is -1.47. The summed E-state index contributed by atoms with van der Waals surface area (Å²) in [5, 5.41) is 3.16. The molecule has 1 atom stereocenters. The Morgan fingerprint density at radius 3 is 2.50 bits per heavy atom. The van der Waals surface area contributed by atoms with Gasteiger partial charge in [0.05, 0.1) is 5.25 Å². The standard InChI is InChI=1S/C19H30N2O4S/c1-3-14(2)26(22,23)21-16-6-4-15(5-7-16)13-20-17-8-9-18-19(12-17)25-11-10-24-18/h8-9,12,14-16,20-21H,3-7,10-11,13H2,1-2H3/t14?,15-,16-. The van der Waals surface area contributed by atoms with Gasteiger partial charge in [-0.25, -0.2) is 13.1 Å². The fraction of sp³-hybridized carbons (Fsp3) is 0.684. The van der Waals surface area contributed by atoms with Gasteiger partial charge in [-0.15, -0.1) is 0 Å². The highest BCUT2D eigenvalue weighted by atomic mass is 32.2. The van der Waals surface area contributed by atoms with Crippen molar-refractivity contribution in [2.24, 2.45) is 5.92 Å². The van der Waals surface area contributed by atoms with Gasteiger partial charge in [0.15, 0.2) is 11.5 Å². The second kappa shape index (κ2) is 8.48. The maximum atomic E-state index is 12.2. The summed E-state index contributed by atoms with van der Waals surface area (Å²) in [6, 6.07) is 6.02. The minimum Gasteiger partial charge on any atom is -0.486 e. The van der Waals surface area contributed by atoms with Gasteiger partial charge in [0, 0.05) is 24.3 Å². The van der Waals surface area contributed by atoms with Crippen LogP contribution in [0.15, 0.2) is 18.2 Å². The molecule has 2 aliphatic rings. The zero-order chi connectivity index (χ0) is 18.6. The maximum Gasteiger partial charge on any atom is 0.214 e. The quantitative estimate of drug-likeness (QED) is 0.758. The molecule has 1 saturated carbocycles. The molecule has 0 saturated heterocycles. The second-order valence-electron chi connectivity index (χ2n) is 7.34.